The van der Waals surface area contributed by atoms with Gasteiger partial charge in [0, 0.05) is 32.1 Å². The minimum atomic E-state index is 0.0703. The Labute approximate surface area is 145 Å². The average Bonchev–Trinajstić information content (AvgIpc) is 2.99. The smallest absolute Gasteiger partial charge is 0.256 e. The van der Waals surface area contributed by atoms with E-state index in [1.165, 1.54) is 0 Å². The van der Waals surface area contributed by atoms with E-state index in [1.807, 2.05) is 6.92 Å². The first-order chi connectivity index (χ1) is 12.1. The molecule has 130 valence electrons. The molecule has 0 aliphatic carbocycles. The van der Waals surface area contributed by atoms with Gasteiger partial charge in [-0.3, -0.25) is 9.36 Å². The van der Waals surface area contributed by atoms with Gasteiger partial charge in [-0.05, 0) is 25.8 Å². The van der Waals surface area contributed by atoms with Crippen LogP contribution in [0.15, 0.2) is 17.2 Å². The summed E-state index contributed by atoms with van der Waals surface area (Å²) in [6.45, 7) is 5.50. The largest absolute Gasteiger partial charge is 0.368 e. The highest BCUT2D eigenvalue weighted by Gasteiger charge is 2.22. The molecule has 8 nitrogen and oxygen atoms in total. The molecule has 0 bridgehead atoms. The Morgan fingerprint density at radius 2 is 2.04 bits per heavy atom. The molecule has 25 heavy (non-hydrogen) atoms. The Bertz CT molecular complexity index is 1000. The maximum Gasteiger partial charge on any atom is 0.256 e. The number of nitrogens with zero attached hydrogens (tertiary/aromatic N) is 7. The monoisotopic (exact) mass is 339 g/mol. The Balaban J connectivity index is 1.74. The average molecular weight is 339 g/mol. The molecule has 1 aliphatic heterocycles. The van der Waals surface area contributed by atoms with Gasteiger partial charge in [-0.15, -0.1) is 10.2 Å². The van der Waals surface area contributed by atoms with Gasteiger partial charge in [-0.2, -0.15) is 9.61 Å². The lowest BCUT2D eigenvalue weighted by Gasteiger charge is -2.23. The third-order valence-electron chi connectivity index (χ3n) is 4.95. The van der Waals surface area contributed by atoms with E-state index in [0.29, 0.717) is 6.42 Å². The first-order valence-corrected chi connectivity index (χ1v) is 8.58. The van der Waals surface area contributed by atoms with Crippen LogP contribution in [-0.2, 0) is 26.3 Å². The van der Waals surface area contributed by atoms with E-state index in [2.05, 4.69) is 38.2 Å². The molecule has 0 unspecified atom stereocenters. The van der Waals surface area contributed by atoms with Crippen molar-refractivity contribution in [2.75, 3.05) is 18.0 Å². The van der Waals surface area contributed by atoms with Crippen LogP contribution in [0.25, 0.3) is 5.65 Å². The van der Waals surface area contributed by atoms with Crippen LogP contribution < -0.4 is 10.5 Å². The lowest BCUT2D eigenvalue weighted by Crippen LogP contribution is -2.28. The quantitative estimate of drug-likeness (QED) is 0.683. The highest BCUT2D eigenvalue weighted by atomic mass is 16.1. The molecule has 0 fully saturated rings. The summed E-state index contributed by atoms with van der Waals surface area (Å²) in [4.78, 5) is 19.5. The van der Waals surface area contributed by atoms with Crippen LogP contribution in [0.2, 0.25) is 0 Å². The molecule has 3 aromatic heterocycles. The topological polar surface area (TPSA) is 81.2 Å². The van der Waals surface area contributed by atoms with E-state index in [0.717, 1.165) is 60.0 Å². The van der Waals surface area contributed by atoms with E-state index in [-0.39, 0.29) is 5.56 Å². The molecule has 0 radical (unpaired) electrons. The Hall–Kier alpha value is -2.77. The maximum absolute atomic E-state index is 12.6. The zero-order valence-electron chi connectivity index (χ0n) is 14.7. The van der Waals surface area contributed by atoms with E-state index in [1.54, 1.807) is 22.5 Å². The summed E-state index contributed by atoms with van der Waals surface area (Å²) in [6, 6.07) is 2.08. The van der Waals surface area contributed by atoms with E-state index in [9.17, 15) is 4.79 Å². The normalized spacial score (nSPS) is 14.6. The number of anilines is 1. The summed E-state index contributed by atoms with van der Waals surface area (Å²) in [5.41, 5.74) is 4.59. The highest BCUT2D eigenvalue weighted by Crippen LogP contribution is 2.23. The second kappa shape index (κ2) is 5.94. The summed E-state index contributed by atoms with van der Waals surface area (Å²) in [5.74, 6) is 0.759. The van der Waals surface area contributed by atoms with Gasteiger partial charge in [0.05, 0.1) is 17.1 Å². The van der Waals surface area contributed by atoms with Crippen LogP contribution in [0.4, 0.5) is 5.69 Å². The van der Waals surface area contributed by atoms with E-state index < -0.39 is 0 Å². The van der Waals surface area contributed by atoms with Gasteiger partial charge in [-0.1, -0.05) is 6.92 Å². The number of fused-ring (bicyclic) bond motifs is 2. The van der Waals surface area contributed by atoms with Gasteiger partial charge in [0.2, 0.25) is 5.65 Å². The van der Waals surface area contributed by atoms with Crippen LogP contribution in [0.3, 0.4) is 0 Å². The van der Waals surface area contributed by atoms with Crippen molar-refractivity contribution in [3.63, 3.8) is 0 Å². The first kappa shape index (κ1) is 15.7. The Morgan fingerprint density at radius 1 is 1.24 bits per heavy atom. The van der Waals surface area contributed by atoms with Crippen LogP contribution in [0, 0.1) is 6.92 Å². The predicted molar refractivity (Wildman–Crippen MR) is 94.0 cm³/mol. The van der Waals surface area contributed by atoms with Crippen LogP contribution in [0.5, 0.6) is 0 Å². The zero-order chi connectivity index (χ0) is 17.6. The molecular formula is C17H21N7O. The first-order valence-electron chi connectivity index (χ1n) is 8.58. The van der Waals surface area contributed by atoms with Crippen LogP contribution in [-0.4, -0.2) is 42.5 Å². The molecule has 4 rings (SSSR count). The summed E-state index contributed by atoms with van der Waals surface area (Å²) in [6.07, 6.45) is 3.90. The molecule has 0 amide bonds. The predicted octanol–water partition coefficient (Wildman–Crippen LogP) is 0.694. The molecule has 0 atom stereocenters. The van der Waals surface area contributed by atoms with E-state index >= 15 is 0 Å². The molecule has 3 aromatic rings. The number of aryl methyl sites for hydroxylation is 2. The van der Waals surface area contributed by atoms with Gasteiger partial charge in [0.1, 0.15) is 12.2 Å². The maximum atomic E-state index is 12.6. The molecular weight excluding hydrogens is 318 g/mol. The van der Waals surface area contributed by atoms with E-state index in [4.69, 9.17) is 0 Å². The van der Waals surface area contributed by atoms with Crippen molar-refractivity contribution in [1.29, 1.82) is 0 Å². The van der Waals surface area contributed by atoms with Gasteiger partial charge in [0.15, 0.2) is 0 Å². The fraction of sp³-hybridized carbons (Fsp3) is 0.471. The Morgan fingerprint density at radius 3 is 2.84 bits per heavy atom. The third-order valence-corrected chi connectivity index (χ3v) is 4.95. The summed E-state index contributed by atoms with van der Waals surface area (Å²) in [5, 5.41) is 12.7. The molecule has 0 N–H and O–H groups in total. The zero-order valence-corrected chi connectivity index (χ0v) is 14.7. The molecule has 0 aromatic carbocycles. The summed E-state index contributed by atoms with van der Waals surface area (Å²) < 4.78 is 3.36. The van der Waals surface area contributed by atoms with Gasteiger partial charge >= 0.3 is 0 Å². The van der Waals surface area contributed by atoms with Crippen molar-refractivity contribution in [2.24, 2.45) is 7.05 Å². The van der Waals surface area contributed by atoms with Crippen molar-refractivity contribution >= 4 is 11.3 Å². The second-order valence-corrected chi connectivity index (χ2v) is 6.41. The fourth-order valence-electron chi connectivity index (χ4n) is 3.38. The summed E-state index contributed by atoms with van der Waals surface area (Å²) in [7, 11) is 1.78. The molecule has 8 heteroatoms. The molecule has 1 aliphatic rings. The standard InChI is InChI=1S/C17H21N7O/c1-4-12-9-15(16-20-18-10-24(16)21-12)23-7-5-13-14(6-8-23)19-11(2)22(3)17(13)25/h9-10H,4-8H2,1-3H3. The van der Waals surface area contributed by atoms with Gasteiger partial charge in [-0.25, -0.2) is 4.98 Å². The lowest BCUT2D eigenvalue weighted by molar-refractivity contribution is 0.736. The van der Waals surface area contributed by atoms with Crippen molar-refractivity contribution in [3.05, 3.63) is 45.5 Å². The van der Waals surface area contributed by atoms with Crippen molar-refractivity contribution in [1.82, 2.24) is 29.4 Å². The van der Waals surface area contributed by atoms with Gasteiger partial charge < -0.3 is 4.90 Å². The Kier molecular flexibility index (Phi) is 3.74. The molecule has 0 saturated heterocycles. The molecule has 0 saturated carbocycles. The number of hydrogen-bond donors (Lipinski definition) is 0. The minimum Gasteiger partial charge on any atom is -0.368 e. The van der Waals surface area contributed by atoms with Gasteiger partial charge in [0.25, 0.3) is 5.56 Å². The number of aromatic nitrogens is 6. The molecule has 4 heterocycles. The van der Waals surface area contributed by atoms with Crippen LogP contribution >= 0.6 is 0 Å². The minimum absolute atomic E-state index is 0.0703. The number of hydrogen-bond acceptors (Lipinski definition) is 6. The third kappa shape index (κ3) is 2.57. The fourth-order valence-corrected chi connectivity index (χ4v) is 3.38. The summed E-state index contributed by atoms with van der Waals surface area (Å²) >= 11 is 0. The van der Waals surface area contributed by atoms with Crippen molar-refractivity contribution < 1.29 is 0 Å². The molecule has 0 spiro atoms. The second-order valence-electron chi connectivity index (χ2n) is 6.41. The lowest BCUT2D eigenvalue weighted by atomic mass is 10.1. The van der Waals surface area contributed by atoms with Crippen molar-refractivity contribution in [3.8, 4) is 0 Å². The number of rotatable bonds is 2. The highest BCUT2D eigenvalue weighted by molar-refractivity contribution is 5.68. The van der Waals surface area contributed by atoms with Crippen molar-refractivity contribution in [2.45, 2.75) is 33.1 Å². The SMILES string of the molecule is CCc1cc(N2CCc3nc(C)n(C)c(=O)c3CC2)c2nncn2n1. The van der Waals surface area contributed by atoms with Crippen LogP contribution in [0.1, 0.15) is 29.7 Å².